The molecular formula is C14H19NO. The van der Waals surface area contributed by atoms with E-state index >= 15 is 0 Å². The summed E-state index contributed by atoms with van der Waals surface area (Å²) in [5.41, 5.74) is 2.38. The van der Waals surface area contributed by atoms with Crippen LogP contribution in [0.15, 0.2) is 35.9 Å². The Hall–Kier alpha value is -1.57. The normalized spacial score (nSPS) is 11.3. The highest BCUT2D eigenvalue weighted by Gasteiger charge is 2.05. The van der Waals surface area contributed by atoms with Crippen LogP contribution in [0.25, 0.3) is 6.08 Å². The molecule has 0 atom stereocenters. The summed E-state index contributed by atoms with van der Waals surface area (Å²) in [4.78, 5) is 13.1. The molecular weight excluding hydrogens is 198 g/mol. The van der Waals surface area contributed by atoms with Crippen molar-refractivity contribution in [1.29, 1.82) is 0 Å². The summed E-state index contributed by atoms with van der Waals surface area (Å²) in [6.45, 7) is 7.13. The largest absolute Gasteiger partial charge is 0.339 e. The van der Waals surface area contributed by atoms with E-state index in [9.17, 15) is 4.79 Å². The number of likely N-dealkylation sites (N-methyl/N-ethyl adjacent to an activating group) is 1. The predicted octanol–water partition coefficient (Wildman–Crippen LogP) is 2.96. The molecule has 0 heterocycles. The summed E-state index contributed by atoms with van der Waals surface area (Å²) in [6, 6.07) is 10.2. The Morgan fingerprint density at radius 1 is 1.25 bits per heavy atom. The highest BCUT2D eigenvalue weighted by Crippen LogP contribution is 2.07. The molecule has 1 aromatic rings. The standard InChI is InChI=1S/C14H19NO/c1-4-15(13(3)16)11-12(2)10-14-8-6-5-7-9-14/h5-10H,4,11H2,1-3H3/b12-10-. The Morgan fingerprint density at radius 3 is 2.38 bits per heavy atom. The molecule has 2 heteroatoms. The fourth-order valence-corrected chi connectivity index (χ4v) is 1.63. The van der Waals surface area contributed by atoms with E-state index in [1.807, 2.05) is 30.0 Å². The second-order valence-electron chi connectivity index (χ2n) is 3.93. The number of nitrogens with zero attached hydrogens (tertiary/aromatic N) is 1. The Balaban J connectivity index is 2.68. The number of rotatable bonds is 4. The topological polar surface area (TPSA) is 20.3 Å². The molecule has 0 aliphatic rings. The average molecular weight is 217 g/mol. The predicted molar refractivity (Wildman–Crippen MR) is 68.0 cm³/mol. The minimum Gasteiger partial charge on any atom is -0.339 e. The molecule has 0 aliphatic carbocycles. The second kappa shape index (κ2) is 6.11. The van der Waals surface area contributed by atoms with Gasteiger partial charge in [0.05, 0.1) is 0 Å². The zero-order chi connectivity index (χ0) is 12.0. The quantitative estimate of drug-likeness (QED) is 0.759. The van der Waals surface area contributed by atoms with Crippen molar-refractivity contribution in [2.24, 2.45) is 0 Å². The highest BCUT2D eigenvalue weighted by atomic mass is 16.2. The van der Waals surface area contributed by atoms with Crippen LogP contribution in [0.4, 0.5) is 0 Å². The number of benzene rings is 1. The number of carbonyl (C=O) groups is 1. The lowest BCUT2D eigenvalue weighted by Gasteiger charge is -2.19. The smallest absolute Gasteiger partial charge is 0.219 e. The van der Waals surface area contributed by atoms with E-state index in [0.29, 0.717) is 6.54 Å². The summed E-state index contributed by atoms with van der Waals surface area (Å²) in [5, 5.41) is 0. The van der Waals surface area contributed by atoms with E-state index in [0.717, 1.165) is 6.54 Å². The number of carbonyl (C=O) groups excluding carboxylic acids is 1. The Kier molecular flexibility index (Phi) is 4.77. The lowest BCUT2D eigenvalue weighted by molar-refractivity contribution is -0.128. The Bertz CT molecular complexity index is 368. The molecule has 0 fully saturated rings. The van der Waals surface area contributed by atoms with Crippen LogP contribution in [0.3, 0.4) is 0 Å². The minimum absolute atomic E-state index is 0.128. The summed E-state index contributed by atoms with van der Waals surface area (Å²) < 4.78 is 0. The van der Waals surface area contributed by atoms with Gasteiger partial charge in [-0.1, -0.05) is 42.0 Å². The first-order chi connectivity index (χ1) is 7.63. The minimum atomic E-state index is 0.128. The zero-order valence-corrected chi connectivity index (χ0v) is 10.2. The molecule has 1 rings (SSSR count). The van der Waals surface area contributed by atoms with Crippen LogP contribution in [-0.4, -0.2) is 23.9 Å². The highest BCUT2D eigenvalue weighted by molar-refractivity contribution is 5.73. The van der Waals surface area contributed by atoms with E-state index < -0.39 is 0 Å². The van der Waals surface area contributed by atoms with Crippen LogP contribution in [-0.2, 0) is 4.79 Å². The van der Waals surface area contributed by atoms with Crippen molar-refractivity contribution >= 4 is 12.0 Å². The lowest BCUT2D eigenvalue weighted by atomic mass is 10.1. The lowest BCUT2D eigenvalue weighted by Crippen LogP contribution is -2.29. The molecule has 2 nitrogen and oxygen atoms in total. The zero-order valence-electron chi connectivity index (χ0n) is 10.2. The first-order valence-electron chi connectivity index (χ1n) is 5.61. The number of hydrogen-bond donors (Lipinski definition) is 0. The van der Waals surface area contributed by atoms with Gasteiger partial charge in [0.2, 0.25) is 5.91 Å². The third-order valence-electron chi connectivity index (χ3n) is 2.48. The van der Waals surface area contributed by atoms with E-state index in [1.165, 1.54) is 11.1 Å². The summed E-state index contributed by atoms with van der Waals surface area (Å²) in [5.74, 6) is 0.128. The molecule has 86 valence electrons. The van der Waals surface area contributed by atoms with Crippen molar-refractivity contribution in [3.8, 4) is 0 Å². The van der Waals surface area contributed by atoms with Gasteiger partial charge in [-0.2, -0.15) is 0 Å². The van der Waals surface area contributed by atoms with Crippen molar-refractivity contribution in [3.05, 3.63) is 41.5 Å². The van der Waals surface area contributed by atoms with Crippen LogP contribution in [0.2, 0.25) is 0 Å². The van der Waals surface area contributed by atoms with Gasteiger partial charge in [-0.25, -0.2) is 0 Å². The maximum atomic E-state index is 11.3. The van der Waals surface area contributed by atoms with Gasteiger partial charge in [-0.05, 0) is 19.4 Å². The average Bonchev–Trinajstić information content (AvgIpc) is 2.27. The van der Waals surface area contributed by atoms with Gasteiger partial charge in [-0.15, -0.1) is 0 Å². The monoisotopic (exact) mass is 217 g/mol. The summed E-state index contributed by atoms with van der Waals surface area (Å²) in [6.07, 6.45) is 2.12. The van der Waals surface area contributed by atoms with E-state index in [1.54, 1.807) is 6.92 Å². The fourth-order valence-electron chi connectivity index (χ4n) is 1.63. The molecule has 16 heavy (non-hydrogen) atoms. The maximum absolute atomic E-state index is 11.3. The molecule has 0 radical (unpaired) electrons. The van der Waals surface area contributed by atoms with Crippen LogP contribution < -0.4 is 0 Å². The Labute approximate surface area is 97.6 Å². The van der Waals surface area contributed by atoms with E-state index in [4.69, 9.17) is 0 Å². The van der Waals surface area contributed by atoms with Gasteiger partial charge in [0.15, 0.2) is 0 Å². The van der Waals surface area contributed by atoms with Gasteiger partial charge in [0.1, 0.15) is 0 Å². The van der Waals surface area contributed by atoms with Gasteiger partial charge in [-0.3, -0.25) is 4.79 Å². The molecule has 0 spiro atoms. The molecule has 0 N–H and O–H groups in total. The molecule has 0 saturated carbocycles. The van der Waals surface area contributed by atoms with Gasteiger partial charge >= 0.3 is 0 Å². The molecule has 0 saturated heterocycles. The molecule has 0 bridgehead atoms. The maximum Gasteiger partial charge on any atom is 0.219 e. The molecule has 0 aliphatic heterocycles. The third kappa shape index (κ3) is 3.89. The van der Waals surface area contributed by atoms with E-state index in [2.05, 4.69) is 25.1 Å². The van der Waals surface area contributed by atoms with Gasteiger partial charge < -0.3 is 4.90 Å². The van der Waals surface area contributed by atoms with E-state index in [-0.39, 0.29) is 5.91 Å². The third-order valence-corrected chi connectivity index (χ3v) is 2.48. The van der Waals surface area contributed by atoms with Crippen LogP contribution in [0.5, 0.6) is 0 Å². The van der Waals surface area contributed by atoms with Crippen molar-refractivity contribution in [2.45, 2.75) is 20.8 Å². The first-order valence-corrected chi connectivity index (χ1v) is 5.61. The first kappa shape index (κ1) is 12.5. The summed E-state index contributed by atoms with van der Waals surface area (Å²) in [7, 11) is 0. The molecule has 1 amide bonds. The van der Waals surface area contributed by atoms with Crippen molar-refractivity contribution in [2.75, 3.05) is 13.1 Å². The fraction of sp³-hybridized carbons (Fsp3) is 0.357. The SMILES string of the molecule is CCN(C/C(C)=C\c1ccccc1)C(C)=O. The van der Waals surface area contributed by atoms with Gasteiger partial charge in [0.25, 0.3) is 0 Å². The number of hydrogen-bond acceptors (Lipinski definition) is 1. The Morgan fingerprint density at radius 2 is 1.88 bits per heavy atom. The molecule has 0 aromatic heterocycles. The summed E-state index contributed by atoms with van der Waals surface area (Å²) >= 11 is 0. The number of amides is 1. The second-order valence-corrected chi connectivity index (χ2v) is 3.93. The van der Waals surface area contributed by atoms with Gasteiger partial charge in [0, 0.05) is 20.0 Å². The molecule has 1 aromatic carbocycles. The van der Waals surface area contributed by atoms with Crippen LogP contribution >= 0.6 is 0 Å². The van der Waals surface area contributed by atoms with Crippen molar-refractivity contribution < 1.29 is 4.79 Å². The molecule has 0 unspecified atom stereocenters. The van der Waals surface area contributed by atoms with Crippen molar-refractivity contribution in [1.82, 2.24) is 4.90 Å². The van der Waals surface area contributed by atoms with Crippen molar-refractivity contribution in [3.63, 3.8) is 0 Å². The van der Waals surface area contributed by atoms with Crippen LogP contribution in [0, 0.1) is 0 Å². The van der Waals surface area contributed by atoms with Crippen LogP contribution in [0.1, 0.15) is 26.3 Å².